The van der Waals surface area contributed by atoms with E-state index >= 15 is 4.39 Å². The monoisotopic (exact) mass is 879 g/mol. The van der Waals surface area contributed by atoms with Crippen molar-refractivity contribution >= 4 is 80.4 Å². The van der Waals surface area contributed by atoms with E-state index in [1.54, 1.807) is 49.3 Å². The van der Waals surface area contributed by atoms with Gasteiger partial charge >= 0.3 is 0 Å². The Labute approximate surface area is 365 Å². The predicted octanol–water partition coefficient (Wildman–Crippen LogP) is 3.91. The van der Waals surface area contributed by atoms with E-state index in [2.05, 4.69) is 25.0 Å². The Bertz CT molecular complexity index is 2600. The Morgan fingerprint density at radius 2 is 1.81 bits per heavy atom. The van der Waals surface area contributed by atoms with Gasteiger partial charge in [0, 0.05) is 87.1 Å². The van der Waals surface area contributed by atoms with Crippen molar-refractivity contribution in [1.29, 1.82) is 0 Å². The zero-order valence-electron chi connectivity index (χ0n) is 35.1. The van der Waals surface area contributed by atoms with Gasteiger partial charge in [0.25, 0.3) is 11.8 Å². The highest BCUT2D eigenvalue weighted by atomic mass is 32.2. The zero-order valence-corrected chi connectivity index (χ0v) is 36.0. The SMILES string of the molecule is CCS(=O)Nc1ccc(-c2nn(C)c3c(/C(C=NC4CCN(C(=O)CCC5CCN(c6cccc7c6C(=O)N(C6CCC(=O)NC6=O)C7=O)CC5)CC4)=C/N)cnc(N)c23)cc1F. The van der Waals surface area contributed by atoms with Gasteiger partial charge < -0.3 is 26.0 Å². The van der Waals surface area contributed by atoms with Crippen molar-refractivity contribution in [3.63, 3.8) is 0 Å². The number of nitrogens with one attached hydrogen (secondary N) is 2. The molecule has 4 aliphatic rings. The summed E-state index contributed by atoms with van der Waals surface area (Å²) in [7, 11) is 0.355. The van der Waals surface area contributed by atoms with Crippen LogP contribution in [-0.2, 0) is 32.4 Å². The second kappa shape index (κ2) is 18.1. The second-order valence-corrected chi connectivity index (χ2v) is 17.8. The van der Waals surface area contributed by atoms with Crippen LogP contribution in [0, 0.1) is 11.7 Å². The normalized spacial score (nSPS) is 19.6. The lowest BCUT2D eigenvalue weighted by Gasteiger charge is -2.35. The van der Waals surface area contributed by atoms with Crippen LogP contribution >= 0.6 is 0 Å². The number of benzene rings is 2. The Kier molecular flexibility index (Phi) is 12.4. The molecule has 0 saturated carbocycles. The molecule has 2 unspecified atom stereocenters. The molecule has 5 amide bonds. The first kappa shape index (κ1) is 43.2. The summed E-state index contributed by atoms with van der Waals surface area (Å²) >= 11 is 0. The smallest absolute Gasteiger partial charge is 0.264 e. The molecule has 2 aromatic carbocycles. The highest BCUT2D eigenvalue weighted by molar-refractivity contribution is 7.86. The van der Waals surface area contributed by atoms with Crippen LogP contribution in [0.5, 0.6) is 0 Å². The lowest BCUT2D eigenvalue weighted by atomic mass is 9.91. The van der Waals surface area contributed by atoms with Gasteiger partial charge in [-0.3, -0.25) is 43.9 Å². The van der Waals surface area contributed by atoms with Gasteiger partial charge in [-0.1, -0.05) is 19.1 Å². The molecule has 17 nitrogen and oxygen atoms in total. The quantitative estimate of drug-likeness (QED) is 0.118. The number of piperidine rings is 3. The summed E-state index contributed by atoms with van der Waals surface area (Å²) in [5.74, 6) is -1.67. The summed E-state index contributed by atoms with van der Waals surface area (Å²) in [6.07, 6.45) is 9.16. The number of fused-ring (bicyclic) bond motifs is 2. The predicted molar refractivity (Wildman–Crippen MR) is 238 cm³/mol. The van der Waals surface area contributed by atoms with Crippen molar-refractivity contribution in [2.45, 2.75) is 70.4 Å². The topological polar surface area (TPSA) is 231 Å². The summed E-state index contributed by atoms with van der Waals surface area (Å²) in [6.45, 7) is 4.22. The first-order valence-corrected chi connectivity index (χ1v) is 22.6. The van der Waals surface area contributed by atoms with Gasteiger partial charge in [-0.15, -0.1) is 0 Å². The van der Waals surface area contributed by atoms with Crippen LogP contribution in [0.4, 0.5) is 21.6 Å². The highest BCUT2D eigenvalue weighted by Crippen LogP contribution is 2.38. The number of anilines is 3. The fourth-order valence-electron chi connectivity index (χ4n) is 9.05. The van der Waals surface area contributed by atoms with Gasteiger partial charge in [0.1, 0.15) is 34.4 Å². The number of hydrogen-bond donors (Lipinski definition) is 4. The van der Waals surface area contributed by atoms with Crippen molar-refractivity contribution in [2.75, 3.05) is 47.3 Å². The Morgan fingerprint density at radius 3 is 2.51 bits per heavy atom. The van der Waals surface area contributed by atoms with Crippen molar-refractivity contribution in [2.24, 2.45) is 23.7 Å². The number of rotatable bonds is 12. The van der Waals surface area contributed by atoms with Gasteiger partial charge in [0.2, 0.25) is 17.7 Å². The molecule has 6 heterocycles. The number of pyridine rings is 1. The van der Waals surface area contributed by atoms with Crippen molar-refractivity contribution in [3.8, 4) is 11.3 Å². The molecule has 6 N–H and O–H groups in total. The molecule has 8 rings (SSSR count). The standard InChI is InChI=1S/C44H50FN11O6S/c1-3-63(62)52-32-9-8-26(21-31(32)45)39-38-40(53(2)51-39)30(24-49-41(38)47)27(22-46)23-48-28-15-19-55(20-16-28)36(58)12-7-25-13-17-54(18-14-25)33-6-4-5-29-37(33)44(61)56(43(29)60)34-10-11-35(57)50-42(34)59/h4-6,8-9,21-25,28,34,52H,3,7,10-20,46H2,1-2H3,(H2,47,49)(H,50,57,59)/b27-22+,48-23?. The van der Waals surface area contributed by atoms with E-state index in [0.29, 0.717) is 102 Å². The van der Waals surface area contributed by atoms with E-state index in [0.717, 1.165) is 24.2 Å². The lowest BCUT2D eigenvalue weighted by Crippen LogP contribution is -2.54. The number of nitrogen functional groups attached to an aromatic ring is 1. The lowest BCUT2D eigenvalue weighted by molar-refractivity contribution is -0.136. The van der Waals surface area contributed by atoms with Gasteiger partial charge in [-0.05, 0) is 68.7 Å². The summed E-state index contributed by atoms with van der Waals surface area (Å²) in [5.41, 5.74) is 16.7. The van der Waals surface area contributed by atoms with Crippen molar-refractivity contribution in [3.05, 3.63) is 71.3 Å². The average molecular weight is 880 g/mol. The van der Waals surface area contributed by atoms with E-state index in [9.17, 15) is 28.2 Å². The average Bonchev–Trinajstić information content (AvgIpc) is 3.77. The minimum atomic E-state index is -1.41. The Morgan fingerprint density at radius 1 is 1.05 bits per heavy atom. The summed E-state index contributed by atoms with van der Waals surface area (Å²) in [4.78, 5) is 78.9. The molecule has 0 radical (unpaired) electrons. The fraction of sp³-hybridized carbons (Fsp3) is 0.409. The van der Waals surface area contributed by atoms with E-state index in [1.807, 2.05) is 11.0 Å². The molecule has 3 fully saturated rings. The Hall–Kier alpha value is -6.50. The van der Waals surface area contributed by atoms with Gasteiger partial charge in [-0.25, -0.2) is 13.6 Å². The van der Waals surface area contributed by atoms with Crippen molar-refractivity contribution < 1.29 is 32.6 Å². The number of carbonyl (C=O) groups is 5. The molecular weight excluding hydrogens is 830 g/mol. The van der Waals surface area contributed by atoms with Crippen LogP contribution < -0.4 is 26.4 Å². The third-order valence-electron chi connectivity index (χ3n) is 12.5. The largest absolute Gasteiger partial charge is 0.404 e. The summed E-state index contributed by atoms with van der Waals surface area (Å²) in [6, 6.07) is 8.66. The number of nitrogens with two attached hydrogens (primary N) is 2. The third-order valence-corrected chi connectivity index (χ3v) is 13.5. The van der Waals surface area contributed by atoms with Gasteiger partial charge in [-0.2, -0.15) is 5.10 Å². The molecule has 63 heavy (non-hydrogen) atoms. The van der Waals surface area contributed by atoms with Gasteiger partial charge in [0.05, 0.1) is 39.4 Å². The van der Waals surface area contributed by atoms with Gasteiger partial charge in [0.15, 0.2) is 0 Å². The third kappa shape index (κ3) is 8.53. The number of imide groups is 2. The molecule has 0 spiro atoms. The summed E-state index contributed by atoms with van der Waals surface area (Å²) in [5, 5.41) is 7.45. The van der Waals surface area contributed by atoms with E-state index in [4.69, 9.17) is 16.5 Å². The molecule has 19 heteroatoms. The minimum Gasteiger partial charge on any atom is -0.404 e. The number of aryl methyl sites for hydroxylation is 1. The number of carbonyl (C=O) groups excluding carboxylic acids is 5. The number of hydrogen-bond acceptors (Lipinski definition) is 12. The fourth-order valence-corrected chi connectivity index (χ4v) is 9.61. The molecule has 3 saturated heterocycles. The molecule has 0 bridgehead atoms. The number of nitrogens with zero attached hydrogens (tertiary/aromatic N) is 7. The molecule has 0 aliphatic carbocycles. The molecule has 330 valence electrons. The molecule has 4 aliphatic heterocycles. The highest BCUT2D eigenvalue weighted by Gasteiger charge is 2.46. The number of allylic oxidation sites excluding steroid dienone is 1. The number of amides is 5. The maximum Gasteiger partial charge on any atom is 0.264 e. The van der Waals surface area contributed by atoms with Crippen LogP contribution in [-0.4, -0.2) is 109 Å². The van der Waals surface area contributed by atoms with Crippen LogP contribution in [0.2, 0.25) is 0 Å². The van der Waals surface area contributed by atoms with Crippen LogP contribution in [0.3, 0.4) is 0 Å². The van der Waals surface area contributed by atoms with Crippen LogP contribution in [0.25, 0.3) is 27.7 Å². The van der Waals surface area contributed by atoms with E-state index < -0.39 is 46.5 Å². The maximum atomic E-state index is 15.1. The van der Waals surface area contributed by atoms with Crippen LogP contribution in [0.1, 0.15) is 84.6 Å². The molecular formula is C44H50FN11O6S. The maximum absolute atomic E-state index is 15.1. The zero-order chi connectivity index (χ0) is 44.5. The Balaban J connectivity index is 0.838. The number of aliphatic imine (C=N–C) groups is 1. The molecule has 2 aromatic heterocycles. The molecule has 4 aromatic rings. The first-order chi connectivity index (χ1) is 30.4. The molecule has 2 atom stereocenters. The number of halogens is 1. The van der Waals surface area contributed by atoms with Crippen LogP contribution in [0.15, 0.2) is 53.8 Å². The summed E-state index contributed by atoms with van der Waals surface area (Å²) < 4.78 is 31.3. The van der Waals surface area contributed by atoms with Crippen molar-refractivity contribution in [1.82, 2.24) is 29.9 Å². The number of likely N-dealkylation sites (tertiary alicyclic amines) is 1. The second-order valence-electron chi connectivity index (χ2n) is 16.3. The number of aromatic nitrogens is 3. The van der Waals surface area contributed by atoms with E-state index in [-0.39, 0.29) is 41.9 Å². The minimum absolute atomic E-state index is 0.0255. The van der Waals surface area contributed by atoms with E-state index in [1.165, 1.54) is 18.3 Å². The first-order valence-electron chi connectivity index (χ1n) is 21.3.